The van der Waals surface area contributed by atoms with E-state index in [0.29, 0.717) is 0 Å². The highest BCUT2D eigenvalue weighted by Gasteiger charge is 2.47. The molecule has 0 heterocycles. The van der Waals surface area contributed by atoms with E-state index >= 15 is 0 Å². The fourth-order valence-corrected chi connectivity index (χ4v) is 0.932. The van der Waals surface area contributed by atoms with Gasteiger partial charge in [0.15, 0.2) is 0 Å². The number of carboxylic acid groups (broad SMARTS) is 3. The average Bonchev–Trinajstić information content (AvgIpc) is 2.11. The lowest BCUT2D eigenvalue weighted by Crippen LogP contribution is -2.46. The zero-order valence-electron chi connectivity index (χ0n) is 8.27. The van der Waals surface area contributed by atoms with Gasteiger partial charge in [0, 0.05) is 0 Å². The monoisotopic (exact) mass is 252 g/mol. The lowest BCUT2D eigenvalue weighted by molar-refractivity contribution is -0.309. The van der Waals surface area contributed by atoms with Gasteiger partial charge in [-0.1, -0.05) is 0 Å². The Bertz CT molecular complexity index is 296. The van der Waals surface area contributed by atoms with Gasteiger partial charge in [0.1, 0.15) is 0 Å². The van der Waals surface area contributed by atoms with Crippen LogP contribution in [0.2, 0.25) is 0 Å². The summed E-state index contributed by atoms with van der Waals surface area (Å²) in [7, 11) is -2.53. The Morgan fingerprint density at radius 1 is 1.00 bits per heavy atom. The number of hydrogen-bond acceptors (Lipinski definition) is 7. The minimum Gasteiger partial charge on any atom is -0.481 e. The van der Waals surface area contributed by atoms with E-state index in [1.807, 2.05) is 0 Å². The molecule has 0 aliphatic rings. The Hall–Kier alpha value is -1.69. The minimum atomic E-state index is -2.75. The predicted octanol–water partition coefficient (Wildman–Crippen LogP) is -2.32. The fraction of sp³-hybridized carbons (Fsp3) is 0.500. The SMILES string of the molecule is O=C(O)CC(CC(=O)O)(OOB(O)O)C(=O)O. The molecular formula is C6H9BO10. The van der Waals surface area contributed by atoms with Crippen molar-refractivity contribution in [2.24, 2.45) is 0 Å². The van der Waals surface area contributed by atoms with E-state index in [2.05, 4.69) is 9.69 Å². The molecule has 0 aromatic carbocycles. The smallest absolute Gasteiger partial charge is 0.481 e. The topological polar surface area (TPSA) is 171 Å². The van der Waals surface area contributed by atoms with Crippen LogP contribution in [0.3, 0.4) is 0 Å². The molecule has 0 amide bonds. The fourth-order valence-electron chi connectivity index (χ4n) is 0.932. The molecule has 11 heteroatoms. The molecule has 0 unspecified atom stereocenters. The van der Waals surface area contributed by atoms with Crippen LogP contribution in [0.25, 0.3) is 0 Å². The van der Waals surface area contributed by atoms with E-state index in [1.54, 1.807) is 0 Å². The molecule has 0 aromatic heterocycles. The molecule has 0 spiro atoms. The summed E-state index contributed by atoms with van der Waals surface area (Å²) in [5.41, 5.74) is -2.75. The Morgan fingerprint density at radius 3 is 1.65 bits per heavy atom. The Balaban J connectivity index is 5.01. The highest BCUT2D eigenvalue weighted by molar-refractivity contribution is 6.32. The van der Waals surface area contributed by atoms with Gasteiger partial charge in [0.25, 0.3) is 0 Å². The molecule has 0 bridgehead atoms. The van der Waals surface area contributed by atoms with Gasteiger partial charge in [0.05, 0.1) is 12.8 Å². The van der Waals surface area contributed by atoms with E-state index in [4.69, 9.17) is 25.4 Å². The molecule has 0 atom stereocenters. The molecule has 0 aliphatic carbocycles. The van der Waals surface area contributed by atoms with Crippen molar-refractivity contribution in [2.75, 3.05) is 0 Å². The van der Waals surface area contributed by atoms with Gasteiger partial charge in [-0.15, -0.1) is 0 Å². The predicted molar refractivity (Wildman–Crippen MR) is 47.2 cm³/mol. The lowest BCUT2D eigenvalue weighted by atomic mass is 9.96. The molecule has 0 aromatic rings. The summed E-state index contributed by atoms with van der Waals surface area (Å²) in [6.45, 7) is 0. The first kappa shape index (κ1) is 15.3. The zero-order chi connectivity index (χ0) is 13.6. The highest BCUT2D eigenvalue weighted by atomic mass is 17.2. The molecule has 96 valence electrons. The number of carbonyl (C=O) groups is 3. The van der Waals surface area contributed by atoms with Crippen LogP contribution in [0, 0.1) is 0 Å². The van der Waals surface area contributed by atoms with Crippen LogP contribution < -0.4 is 0 Å². The third kappa shape index (κ3) is 5.26. The molecule has 0 fully saturated rings. The summed E-state index contributed by atoms with van der Waals surface area (Å²) in [6, 6.07) is 0. The van der Waals surface area contributed by atoms with Crippen LogP contribution in [0.15, 0.2) is 0 Å². The van der Waals surface area contributed by atoms with Gasteiger partial charge in [-0.25, -0.2) is 14.5 Å². The van der Waals surface area contributed by atoms with Crippen LogP contribution in [0.1, 0.15) is 12.8 Å². The van der Waals surface area contributed by atoms with Crippen molar-refractivity contribution < 1.29 is 49.4 Å². The second-order valence-electron chi connectivity index (χ2n) is 2.95. The van der Waals surface area contributed by atoms with Crippen molar-refractivity contribution >= 4 is 25.2 Å². The second kappa shape index (κ2) is 6.15. The summed E-state index contributed by atoms with van der Waals surface area (Å²) < 4.78 is 0. The zero-order valence-corrected chi connectivity index (χ0v) is 8.27. The molecule has 17 heavy (non-hydrogen) atoms. The Labute approximate surface area is 94.1 Å². The van der Waals surface area contributed by atoms with Gasteiger partial charge >= 0.3 is 25.2 Å². The van der Waals surface area contributed by atoms with E-state index in [0.717, 1.165) is 0 Å². The van der Waals surface area contributed by atoms with Crippen LogP contribution in [-0.4, -0.2) is 56.2 Å². The third-order valence-corrected chi connectivity index (χ3v) is 1.56. The number of rotatable bonds is 8. The van der Waals surface area contributed by atoms with Crippen LogP contribution in [-0.2, 0) is 24.1 Å². The van der Waals surface area contributed by atoms with Crippen molar-refractivity contribution in [3.63, 3.8) is 0 Å². The Morgan fingerprint density at radius 2 is 1.41 bits per heavy atom. The summed E-state index contributed by atoms with van der Waals surface area (Å²) in [5, 5.41) is 42.2. The summed E-state index contributed by atoms with van der Waals surface area (Å²) in [5.74, 6) is -5.25. The normalized spacial score (nSPS) is 10.9. The largest absolute Gasteiger partial charge is 0.662 e. The highest BCUT2D eigenvalue weighted by Crippen LogP contribution is 2.22. The molecule has 0 saturated carbocycles. The Kier molecular flexibility index (Phi) is 5.54. The molecular weight excluding hydrogens is 243 g/mol. The first-order valence-electron chi connectivity index (χ1n) is 4.07. The van der Waals surface area contributed by atoms with Crippen LogP contribution in [0.5, 0.6) is 0 Å². The summed E-state index contributed by atoms with van der Waals surface area (Å²) >= 11 is 0. The summed E-state index contributed by atoms with van der Waals surface area (Å²) in [4.78, 5) is 39.4. The molecule has 0 rings (SSSR count). The third-order valence-electron chi connectivity index (χ3n) is 1.56. The van der Waals surface area contributed by atoms with Gasteiger partial charge in [-0.05, 0) is 0 Å². The standard InChI is InChI=1S/C6H9BO10/c8-3(9)1-6(5(12)13,2-4(10)11)16-17-7(14)15/h14-15H,1-2H2,(H,8,9)(H,10,11)(H,12,13). The minimum absolute atomic E-state index is 1.23. The van der Waals surface area contributed by atoms with E-state index in [1.165, 1.54) is 0 Å². The summed E-state index contributed by atoms with van der Waals surface area (Å²) in [6.07, 6.45) is -2.47. The maximum Gasteiger partial charge on any atom is 0.662 e. The van der Waals surface area contributed by atoms with Crippen molar-refractivity contribution in [3.05, 3.63) is 0 Å². The molecule has 5 N–H and O–H groups in total. The van der Waals surface area contributed by atoms with Crippen molar-refractivity contribution in [2.45, 2.75) is 18.4 Å². The van der Waals surface area contributed by atoms with Gasteiger partial charge in [-0.2, -0.15) is 0 Å². The van der Waals surface area contributed by atoms with E-state index in [-0.39, 0.29) is 0 Å². The molecule has 0 aliphatic heterocycles. The first-order chi connectivity index (χ1) is 7.69. The van der Waals surface area contributed by atoms with Crippen LogP contribution in [0.4, 0.5) is 0 Å². The number of aliphatic carboxylic acids is 3. The van der Waals surface area contributed by atoms with E-state index < -0.39 is 43.7 Å². The number of hydrogen-bond donors (Lipinski definition) is 5. The lowest BCUT2D eigenvalue weighted by Gasteiger charge is -2.24. The quantitative estimate of drug-likeness (QED) is 0.179. The van der Waals surface area contributed by atoms with Gasteiger partial charge in [-0.3, -0.25) is 9.59 Å². The first-order valence-corrected chi connectivity index (χ1v) is 4.07. The van der Waals surface area contributed by atoms with Crippen molar-refractivity contribution in [3.8, 4) is 0 Å². The van der Waals surface area contributed by atoms with Crippen molar-refractivity contribution in [1.29, 1.82) is 0 Å². The molecule has 0 radical (unpaired) electrons. The molecule has 10 nitrogen and oxygen atoms in total. The van der Waals surface area contributed by atoms with Crippen molar-refractivity contribution in [1.82, 2.24) is 0 Å². The average molecular weight is 252 g/mol. The number of carboxylic acids is 3. The maximum atomic E-state index is 10.8. The maximum absolute atomic E-state index is 10.8. The second-order valence-corrected chi connectivity index (χ2v) is 2.95. The molecule has 0 saturated heterocycles. The van der Waals surface area contributed by atoms with Gasteiger partial charge in [0.2, 0.25) is 5.60 Å². The van der Waals surface area contributed by atoms with E-state index in [9.17, 15) is 14.4 Å². The van der Waals surface area contributed by atoms with Gasteiger partial charge < -0.3 is 25.4 Å². The van der Waals surface area contributed by atoms with Crippen LogP contribution >= 0.6 is 0 Å².